The van der Waals surface area contributed by atoms with Gasteiger partial charge in [0.05, 0.1) is 19.7 Å². The van der Waals surface area contributed by atoms with Gasteiger partial charge in [-0.3, -0.25) is 4.68 Å². The third-order valence-corrected chi connectivity index (χ3v) is 2.09. The van der Waals surface area contributed by atoms with Crippen LogP contribution < -0.4 is 0 Å². The van der Waals surface area contributed by atoms with Gasteiger partial charge >= 0.3 is 0 Å². The Morgan fingerprint density at radius 2 is 2.33 bits per heavy atom. The molecule has 0 spiro atoms. The fourth-order valence-electron chi connectivity index (χ4n) is 1.18. The number of hydrogen-bond acceptors (Lipinski definition) is 4. The highest BCUT2D eigenvalue weighted by molar-refractivity contribution is 5.45. The van der Waals surface area contributed by atoms with E-state index >= 15 is 0 Å². The molecule has 0 saturated heterocycles. The third-order valence-electron chi connectivity index (χ3n) is 2.09. The summed E-state index contributed by atoms with van der Waals surface area (Å²) >= 11 is 0. The first-order valence-corrected chi connectivity index (χ1v) is 4.92. The lowest BCUT2D eigenvalue weighted by Gasteiger charge is -2.15. The Hall–Kier alpha value is -1.36. The predicted octanol–water partition coefficient (Wildman–Crippen LogP) is 1.51. The van der Waals surface area contributed by atoms with Gasteiger partial charge < -0.3 is 4.89 Å². The van der Waals surface area contributed by atoms with Crippen molar-refractivity contribution in [2.45, 2.75) is 26.4 Å². The lowest BCUT2D eigenvalue weighted by atomic mass is 10.1. The molecule has 0 aliphatic heterocycles. The summed E-state index contributed by atoms with van der Waals surface area (Å²) in [5, 5.41) is 4.14. The molecule has 0 aromatic carbocycles. The van der Waals surface area contributed by atoms with Crippen molar-refractivity contribution in [3.63, 3.8) is 0 Å². The second kappa shape index (κ2) is 6.19. The molecule has 0 bridgehead atoms. The SMILES string of the molecule is COO/C=N/[C@@H](Cn1cccn1)C(C)C. The predicted molar refractivity (Wildman–Crippen MR) is 57.4 cm³/mol. The van der Waals surface area contributed by atoms with Crippen molar-refractivity contribution < 1.29 is 9.78 Å². The molecule has 5 heteroatoms. The van der Waals surface area contributed by atoms with Crippen LogP contribution in [0.1, 0.15) is 13.8 Å². The zero-order chi connectivity index (χ0) is 11.1. The van der Waals surface area contributed by atoms with E-state index in [0.717, 1.165) is 6.54 Å². The van der Waals surface area contributed by atoms with Crippen LogP contribution in [0, 0.1) is 5.92 Å². The molecule has 0 saturated carbocycles. The van der Waals surface area contributed by atoms with Gasteiger partial charge in [-0.15, -0.1) is 0 Å². The highest BCUT2D eigenvalue weighted by atomic mass is 17.2. The van der Waals surface area contributed by atoms with E-state index in [1.54, 1.807) is 6.20 Å². The average molecular weight is 211 g/mol. The molecule has 0 fully saturated rings. The zero-order valence-corrected chi connectivity index (χ0v) is 9.33. The van der Waals surface area contributed by atoms with Crippen molar-refractivity contribution in [1.82, 2.24) is 9.78 Å². The highest BCUT2D eigenvalue weighted by Crippen LogP contribution is 2.08. The zero-order valence-electron chi connectivity index (χ0n) is 9.33. The molecule has 1 rings (SSSR count). The van der Waals surface area contributed by atoms with Gasteiger partial charge in [-0.1, -0.05) is 13.8 Å². The monoisotopic (exact) mass is 211 g/mol. The van der Waals surface area contributed by atoms with E-state index in [1.165, 1.54) is 13.5 Å². The van der Waals surface area contributed by atoms with Gasteiger partial charge in [-0.25, -0.2) is 4.99 Å². The summed E-state index contributed by atoms with van der Waals surface area (Å²) in [5.74, 6) is 0.422. The first-order valence-electron chi connectivity index (χ1n) is 4.92. The maximum Gasteiger partial charge on any atom is 0.215 e. The minimum Gasteiger partial charge on any atom is -0.326 e. The first kappa shape index (κ1) is 11.7. The normalized spacial score (nSPS) is 13.6. The van der Waals surface area contributed by atoms with E-state index < -0.39 is 0 Å². The van der Waals surface area contributed by atoms with E-state index in [1.807, 2.05) is 16.9 Å². The summed E-state index contributed by atoms with van der Waals surface area (Å²) in [6.45, 7) is 4.96. The van der Waals surface area contributed by atoms with Crippen LogP contribution in [0.2, 0.25) is 0 Å². The van der Waals surface area contributed by atoms with Gasteiger partial charge in [0.1, 0.15) is 0 Å². The Morgan fingerprint density at radius 1 is 1.53 bits per heavy atom. The van der Waals surface area contributed by atoms with Crippen molar-refractivity contribution in [1.29, 1.82) is 0 Å². The Morgan fingerprint density at radius 3 is 2.87 bits per heavy atom. The molecule has 0 radical (unpaired) electrons. The molecular formula is C10H17N3O2. The number of nitrogens with zero attached hydrogens (tertiary/aromatic N) is 3. The number of aromatic nitrogens is 2. The molecule has 1 atom stereocenters. The number of rotatable bonds is 6. The fourth-order valence-corrected chi connectivity index (χ4v) is 1.18. The van der Waals surface area contributed by atoms with Crippen LogP contribution in [0.4, 0.5) is 0 Å². The molecule has 15 heavy (non-hydrogen) atoms. The highest BCUT2D eigenvalue weighted by Gasteiger charge is 2.12. The Kier molecular flexibility index (Phi) is 4.83. The quantitative estimate of drug-likeness (QED) is 0.310. The number of aliphatic imine (C=N–C) groups is 1. The maximum atomic E-state index is 4.61. The van der Waals surface area contributed by atoms with Crippen molar-refractivity contribution >= 4 is 6.40 Å². The lowest BCUT2D eigenvalue weighted by Crippen LogP contribution is -2.21. The molecule has 0 aliphatic carbocycles. The minimum atomic E-state index is 0.139. The second-order valence-corrected chi connectivity index (χ2v) is 3.56. The molecule has 0 N–H and O–H groups in total. The molecule has 1 aromatic rings. The van der Waals surface area contributed by atoms with Gasteiger partial charge in [0, 0.05) is 12.4 Å². The molecule has 1 heterocycles. The largest absolute Gasteiger partial charge is 0.326 e. The summed E-state index contributed by atoms with van der Waals surface area (Å²) in [7, 11) is 1.45. The second-order valence-electron chi connectivity index (χ2n) is 3.56. The average Bonchev–Trinajstić information content (AvgIpc) is 2.69. The topological polar surface area (TPSA) is 48.6 Å². The Balaban J connectivity index is 2.51. The van der Waals surface area contributed by atoms with Crippen LogP contribution in [0.25, 0.3) is 0 Å². The van der Waals surface area contributed by atoms with Gasteiger partial charge in [-0.2, -0.15) is 9.99 Å². The summed E-state index contributed by atoms with van der Waals surface area (Å²) in [6.07, 6.45) is 5.00. The van der Waals surface area contributed by atoms with E-state index in [2.05, 4.69) is 33.7 Å². The van der Waals surface area contributed by atoms with Crippen molar-refractivity contribution in [3.05, 3.63) is 18.5 Å². The fraction of sp³-hybridized carbons (Fsp3) is 0.600. The van der Waals surface area contributed by atoms with Crippen LogP contribution in [0.3, 0.4) is 0 Å². The molecular weight excluding hydrogens is 194 g/mol. The van der Waals surface area contributed by atoms with E-state index in [0.29, 0.717) is 5.92 Å². The van der Waals surface area contributed by atoms with Crippen LogP contribution in [0.5, 0.6) is 0 Å². The molecule has 0 amide bonds. The molecule has 0 unspecified atom stereocenters. The van der Waals surface area contributed by atoms with Crippen LogP contribution in [-0.2, 0) is 16.3 Å². The van der Waals surface area contributed by atoms with Gasteiger partial charge in [-0.05, 0) is 12.0 Å². The summed E-state index contributed by atoms with van der Waals surface area (Å²) in [4.78, 5) is 13.3. The molecule has 5 nitrogen and oxygen atoms in total. The van der Waals surface area contributed by atoms with E-state index in [9.17, 15) is 0 Å². The molecule has 0 aliphatic rings. The Bertz CT molecular complexity index is 283. The third kappa shape index (κ3) is 4.12. The van der Waals surface area contributed by atoms with Crippen molar-refractivity contribution in [2.75, 3.05) is 7.11 Å². The van der Waals surface area contributed by atoms with Gasteiger partial charge in [0.15, 0.2) is 0 Å². The van der Waals surface area contributed by atoms with Crippen LogP contribution in [-0.4, -0.2) is 29.3 Å². The summed E-state index contributed by atoms with van der Waals surface area (Å²) in [5.41, 5.74) is 0. The molecule has 84 valence electrons. The van der Waals surface area contributed by atoms with E-state index in [4.69, 9.17) is 0 Å². The summed E-state index contributed by atoms with van der Waals surface area (Å²) in [6, 6.07) is 2.03. The van der Waals surface area contributed by atoms with E-state index in [-0.39, 0.29) is 6.04 Å². The summed E-state index contributed by atoms with van der Waals surface area (Å²) < 4.78 is 1.86. The minimum absolute atomic E-state index is 0.139. The van der Waals surface area contributed by atoms with Crippen LogP contribution >= 0.6 is 0 Å². The van der Waals surface area contributed by atoms with Crippen molar-refractivity contribution in [3.8, 4) is 0 Å². The van der Waals surface area contributed by atoms with Gasteiger partial charge in [0.2, 0.25) is 6.40 Å². The number of hydrogen-bond donors (Lipinski definition) is 0. The van der Waals surface area contributed by atoms with Crippen LogP contribution in [0.15, 0.2) is 23.5 Å². The molecule has 1 aromatic heterocycles. The maximum absolute atomic E-state index is 4.61. The van der Waals surface area contributed by atoms with Gasteiger partial charge in [0.25, 0.3) is 0 Å². The first-order chi connectivity index (χ1) is 7.24. The van der Waals surface area contributed by atoms with Crippen molar-refractivity contribution in [2.24, 2.45) is 10.9 Å². The lowest BCUT2D eigenvalue weighted by molar-refractivity contribution is -0.188. The standard InChI is InChI=1S/C10H17N3O2/c1-9(2)10(11-8-15-14-3)7-13-6-4-5-12-13/h4-6,8-10H,7H2,1-3H3/b11-8+/t10-/m0/s1. The Labute approximate surface area is 89.6 Å². The smallest absolute Gasteiger partial charge is 0.215 e.